The summed E-state index contributed by atoms with van der Waals surface area (Å²) in [5, 5.41) is 7.46. The number of carbonyl (C=O) groups is 1. The molecule has 2 aliphatic heterocycles. The van der Waals surface area contributed by atoms with Gasteiger partial charge < -0.3 is 19.7 Å². The molecule has 0 radical (unpaired) electrons. The second-order valence-electron chi connectivity index (χ2n) is 10.6. The molecule has 1 N–H and O–H groups in total. The number of anilines is 2. The SMILES string of the molecule is COC12CC3CN(c4cc5c(cc4NC(=O)c4cnn6cccnc46)CC(C)(C)O5)C(C1)C32. The molecule has 2 aromatic heterocycles. The molecule has 4 aliphatic rings. The maximum Gasteiger partial charge on any atom is 0.261 e. The number of aromatic nitrogens is 3. The van der Waals surface area contributed by atoms with Gasteiger partial charge in [-0.25, -0.2) is 9.50 Å². The summed E-state index contributed by atoms with van der Waals surface area (Å²) in [4.78, 5) is 20.1. The highest BCUT2D eigenvalue weighted by atomic mass is 16.5. The van der Waals surface area contributed by atoms with Gasteiger partial charge in [-0.15, -0.1) is 0 Å². The zero-order valence-corrected chi connectivity index (χ0v) is 19.0. The highest BCUT2D eigenvalue weighted by molar-refractivity contribution is 6.09. The van der Waals surface area contributed by atoms with E-state index in [0.29, 0.717) is 29.1 Å². The molecule has 33 heavy (non-hydrogen) atoms. The van der Waals surface area contributed by atoms with Gasteiger partial charge in [0.2, 0.25) is 0 Å². The molecule has 0 spiro atoms. The number of hydrogen-bond acceptors (Lipinski definition) is 6. The Morgan fingerprint density at radius 2 is 2.18 bits per heavy atom. The van der Waals surface area contributed by atoms with Crippen molar-refractivity contribution in [2.45, 2.75) is 50.4 Å². The Bertz CT molecular complexity index is 1320. The maximum atomic E-state index is 13.3. The molecule has 3 aromatic rings. The number of nitrogens with zero attached hydrogens (tertiary/aromatic N) is 4. The van der Waals surface area contributed by atoms with Gasteiger partial charge in [0, 0.05) is 56.1 Å². The fraction of sp³-hybridized carbons (Fsp3) is 0.480. The Labute approximate surface area is 191 Å². The topological polar surface area (TPSA) is 81.0 Å². The van der Waals surface area contributed by atoms with E-state index < -0.39 is 0 Å². The number of ether oxygens (including phenoxy) is 2. The Hall–Kier alpha value is -3.13. The summed E-state index contributed by atoms with van der Waals surface area (Å²) in [5.74, 6) is 1.95. The van der Waals surface area contributed by atoms with Crippen molar-refractivity contribution in [3.63, 3.8) is 0 Å². The summed E-state index contributed by atoms with van der Waals surface area (Å²) in [6.07, 6.45) is 8.02. The van der Waals surface area contributed by atoms with Gasteiger partial charge in [0.15, 0.2) is 5.65 Å². The van der Waals surface area contributed by atoms with Crippen LogP contribution in [0.1, 0.15) is 42.6 Å². The van der Waals surface area contributed by atoms with Gasteiger partial charge in [-0.2, -0.15) is 5.10 Å². The predicted octanol–water partition coefficient (Wildman–Crippen LogP) is 3.31. The van der Waals surface area contributed by atoms with Crippen molar-refractivity contribution in [1.82, 2.24) is 14.6 Å². The van der Waals surface area contributed by atoms with E-state index in [0.717, 1.165) is 48.5 Å². The van der Waals surface area contributed by atoms with Gasteiger partial charge in [0.05, 0.1) is 23.2 Å². The summed E-state index contributed by atoms with van der Waals surface area (Å²) in [7, 11) is 1.84. The highest BCUT2D eigenvalue weighted by Crippen LogP contribution is 2.66. The van der Waals surface area contributed by atoms with Crippen molar-refractivity contribution in [3.8, 4) is 5.75 Å². The minimum Gasteiger partial charge on any atom is -0.487 e. The van der Waals surface area contributed by atoms with E-state index in [1.54, 1.807) is 29.2 Å². The van der Waals surface area contributed by atoms with Gasteiger partial charge in [-0.1, -0.05) is 0 Å². The highest BCUT2D eigenvalue weighted by Gasteiger charge is 2.71. The van der Waals surface area contributed by atoms with Gasteiger partial charge in [0.1, 0.15) is 16.9 Å². The molecule has 3 fully saturated rings. The molecular formula is C25H27N5O3. The quantitative estimate of drug-likeness (QED) is 0.664. The third kappa shape index (κ3) is 2.58. The second-order valence-corrected chi connectivity index (χ2v) is 10.6. The zero-order chi connectivity index (χ0) is 22.5. The molecular weight excluding hydrogens is 418 g/mol. The van der Waals surface area contributed by atoms with Crippen molar-refractivity contribution in [2.24, 2.45) is 11.8 Å². The summed E-state index contributed by atoms with van der Waals surface area (Å²) in [6, 6.07) is 6.47. The van der Waals surface area contributed by atoms with E-state index in [1.807, 2.05) is 7.11 Å². The third-order valence-electron chi connectivity index (χ3n) is 8.19. The number of methoxy groups -OCH3 is 1. The standard InChI is InChI=1S/C25H27N5O3/c1-24(2)9-14-7-17(28-23(31)16-12-27-30-6-4-5-26-22(16)30)18(8-20(14)33-24)29-13-15-10-25(32-3)11-19(29)21(15)25/h4-8,12,15,19,21H,9-11,13H2,1-3H3,(H,28,31). The molecule has 4 atom stereocenters. The number of amides is 1. The largest absolute Gasteiger partial charge is 0.487 e. The summed E-state index contributed by atoms with van der Waals surface area (Å²) in [5.41, 5.74) is 3.82. The average molecular weight is 446 g/mol. The second kappa shape index (κ2) is 6.26. The van der Waals surface area contributed by atoms with E-state index in [1.165, 1.54) is 0 Å². The molecule has 1 amide bonds. The minimum absolute atomic E-state index is 0.0749. The van der Waals surface area contributed by atoms with Crippen molar-refractivity contribution in [1.29, 1.82) is 0 Å². The van der Waals surface area contributed by atoms with Crippen LogP contribution >= 0.6 is 0 Å². The summed E-state index contributed by atoms with van der Waals surface area (Å²) in [6.45, 7) is 5.19. The number of hydrogen-bond donors (Lipinski definition) is 1. The van der Waals surface area contributed by atoms with Crippen LogP contribution in [0.4, 0.5) is 11.4 Å². The zero-order valence-electron chi connectivity index (χ0n) is 19.0. The molecule has 1 aromatic carbocycles. The lowest BCUT2D eigenvalue weighted by atomic mass is 9.49. The molecule has 4 unspecified atom stereocenters. The summed E-state index contributed by atoms with van der Waals surface area (Å²) < 4.78 is 13.8. The molecule has 170 valence electrons. The van der Waals surface area contributed by atoms with Crippen LogP contribution in [0.15, 0.2) is 36.8 Å². The van der Waals surface area contributed by atoms with E-state index in [9.17, 15) is 4.79 Å². The van der Waals surface area contributed by atoms with Crippen LogP contribution in [0.5, 0.6) is 5.75 Å². The molecule has 0 bridgehead atoms. The molecule has 4 heterocycles. The monoisotopic (exact) mass is 445 g/mol. The van der Waals surface area contributed by atoms with Gasteiger partial charge in [-0.3, -0.25) is 4.79 Å². The van der Waals surface area contributed by atoms with E-state index >= 15 is 0 Å². The number of carbonyl (C=O) groups excluding carboxylic acids is 1. The van der Waals surface area contributed by atoms with Crippen LogP contribution in [-0.4, -0.2) is 51.4 Å². The lowest BCUT2D eigenvalue weighted by molar-refractivity contribution is -0.213. The first-order valence-electron chi connectivity index (χ1n) is 11.6. The van der Waals surface area contributed by atoms with Crippen LogP contribution in [0.25, 0.3) is 5.65 Å². The van der Waals surface area contributed by atoms with Crippen molar-refractivity contribution >= 4 is 22.9 Å². The maximum absolute atomic E-state index is 13.3. The van der Waals surface area contributed by atoms with Crippen molar-refractivity contribution in [2.75, 3.05) is 23.9 Å². The van der Waals surface area contributed by atoms with Crippen LogP contribution in [0.2, 0.25) is 0 Å². The normalized spacial score (nSPS) is 30.3. The molecule has 2 aliphatic carbocycles. The van der Waals surface area contributed by atoms with Crippen LogP contribution in [0, 0.1) is 11.8 Å². The van der Waals surface area contributed by atoms with Crippen LogP contribution in [-0.2, 0) is 11.2 Å². The first-order chi connectivity index (χ1) is 15.9. The predicted molar refractivity (Wildman–Crippen MR) is 123 cm³/mol. The number of nitrogens with one attached hydrogen (secondary N) is 1. The average Bonchev–Trinajstić information content (AvgIpc) is 3.35. The molecule has 2 saturated carbocycles. The lowest BCUT2D eigenvalue weighted by Crippen LogP contribution is -2.68. The van der Waals surface area contributed by atoms with Crippen LogP contribution < -0.4 is 15.0 Å². The van der Waals surface area contributed by atoms with Crippen molar-refractivity contribution in [3.05, 3.63) is 47.9 Å². The Balaban J connectivity index is 1.27. The fourth-order valence-corrected chi connectivity index (χ4v) is 6.78. The molecule has 8 heteroatoms. The fourth-order valence-electron chi connectivity index (χ4n) is 6.78. The van der Waals surface area contributed by atoms with E-state index in [4.69, 9.17) is 9.47 Å². The third-order valence-corrected chi connectivity index (χ3v) is 8.19. The lowest BCUT2D eigenvalue weighted by Gasteiger charge is -2.62. The molecule has 8 nitrogen and oxygen atoms in total. The number of benzene rings is 1. The first-order valence-corrected chi connectivity index (χ1v) is 11.6. The number of fused-ring (bicyclic) bond motifs is 2. The Kier molecular flexibility index (Phi) is 3.67. The Morgan fingerprint density at radius 1 is 1.30 bits per heavy atom. The number of rotatable bonds is 4. The van der Waals surface area contributed by atoms with Gasteiger partial charge in [-0.05, 0) is 44.7 Å². The smallest absolute Gasteiger partial charge is 0.261 e. The van der Waals surface area contributed by atoms with Crippen LogP contribution in [0.3, 0.4) is 0 Å². The minimum atomic E-state index is -0.250. The molecule has 7 rings (SSSR count). The van der Waals surface area contributed by atoms with E-state index in [-0.39, 0.29) is 17.1 Å². The van der Waals surface area contributed by atoms with Crippen molar-refractivity contribution < 1.29 is 14.3 Å². The first kappa shape index (κ1) is 19.3. The van der Waals surface area contributed by atoms with Gasteiger partial charge in [0.25, 0.3) is 5.91 Å². The Morgan fingerprint density at radius 3 is 3.03 bits per heavy atom. The van der Waals surface area contributed by atoms with Gasteiger partial charge >= 0.3 is 0 Å². The summed E-state index contributed by atoms with van der Waals surface area (Å²) >= 11 is 0. The van der Waals surface area contributed by atoms with E-state index in [2.05, 4.69) is 46.3 Å². The molecule has 1 saturated heterocycles.